The molecule has 0 bridgehead atoms. The van der Waals surface area contributed by atoms with E-state index in [9.17, 15) is 4.79 Å². The van der Waals surface area contributed by atoms with Gasteiger partial charge in [-0.3, -0.25) is 4.79 Å². The van der Waals surface area contributed by atoms with Gasteiger partial charge in [0.25, 0.3) is 0 Å². The summed E-state index contributed by atoms with van der Waals surface area (Å²) >= 11 is 0. The lowest BCUT2D eigenvalue weighted by atomic mass is 9.50. The van der Waals surface area contributed by atoms with Crippen molar-refractivity contribution in [2.45, 2.75) is 63.9 Å². The Kier molecular flexibility index (Phi) is 3.50. The Balaban J connectivity index is 1.65. The van der Waals surface area contributed by atoms with Crippen molar-refractivity contribution in [1.29, 1.82) is 0 Å². The Morgan fingerprint density at radius 2 is 2.00 bits per heavy atom. The van der Waals surface area contributed by atoms with Gasteiger partial charge < -0.3 is 4.74 Å². The molecule has 0 saturated heterocycles. The van der Waals surface area contributed by atoms with Gasteiger partial charge in [-0.15, -0.1) is 6.42 Å². The molecule has 0 aliphatic heterocycles. The van der Waals surface area contributed by atoms with Crippen LogP contribution in [0.5, 0.6) is 0 Å². The molecule has 4 aliphatic carbocycles. The van der Waals surface area contributed by atoms with E-state index in [1.165, 1.54) is 31.3 Å². The van der Waals surface area contributed by atoms with E-state index in [0.717, 1.165) is 37.5 Å². The molecule has 3 fully saturated rings. The quantitative estimate of drug-likeness (QED) is 0.680. The van der Waals surface area contributed by atoms with Crippen LogP contribution in [0, 0.1) is 41.4 Å². The molecular weight excluding hydrogens is 284 g/mol. The molecule has 0 spiro atoms. The molecule has 0 aromatic rings. The van der Waals surface area contributed by atoms with Gasteiger partial charge in [-0.2, -0.15) is 0 Å². The molecular formula is C21H28O2. The maximum absolute atomic E-state index is 11.8. The van der Waals surface area contributed by atoms with Gasteiger partial charge in [0.1, 0.15) is 5.60 Å². The molecule has 0 radical (unpaired) electrons. The molecule has 2 heteroatoms. The summed E-state index contributed by atoms with van der Waals surface area (Å²) in [5.74, 6) is 6.30. The van der Waals surface area contributed by atoms with Crippen LogP contribution in [0.4, 0.5) is 0 Å². The van der Waals surface area contributed by atoms with Crippen LogP contribution in [0.15, 0.2) is 11.6 Å². The van der Waals surface area contributed by atoms with Crippen LogP contribution in [0.1, 0.15) is 58.3 Å². The lowest BCUT2D eigenvalue weighted by Gasteiger charge is -2.55. The first-order valence-electron chi connectivity index (χ1n) is 9.31. The van der Waals surface area contributed by atoms with E-state index < -0.39 is 0 Å². The smallest absolute Gasteiger partial charge is 0.155 e. The molecule has 0 heterocycles. The minimum absolute atomic E-state index is 0.128. The van der Waals surface area contributed by atoms with Crippen molar-refractivity contribution in [3.05, 3.63) is 11.6 Å². The van der Waals surface area contributed by atoms with Gasteiger partial charge in [0.05, 0.1) is 0 Å². The summed E-state index contributed by atoms with van der Waals surface area (Å²) in [4.78, 5) is 11.8. The fourth-order valence-electron chi connectivity index (χ4n) is 6.81. The maximum atomic E-state index is 11.8. The third-order valence-electron chi connectivity index (χ3n) is 8.00. The maximum Gasteiger partial charge on any atom is 0.155 e. The number of fused-ring (bicyclic) bond motifs is 5. The van der Waals surface area contributed by atoms with Gasteiger partial charge in [0, 0.05) is 18.9 Å². The van der Waals surface area contributed by atoms with Crippen LogP contribution in [-0.2, 0) is 9.53 Å². The van der Waals surface area contributed by atoms with Crippen molar-refractivity contribution in [2.75, 3.05) is 7.11 Å². The van der Waals surface area contributed by atoms with Crippen LogP contribution < -0.4 is 0 Å². The first kappa shape index (κ1) is 15.5. The zero-order valence-electron chi connectivity index (χ0n) is 14.4. The molecule has 2 nitrogen and oxygen atoms in total. The average molecular weight is 312 g/mol. The van der Waals surface area contributed by atoms with Crippen molar-refractivity contribution in [2.24, 2.45) is 29.1 Å². The summed E-state index contributed by atoms with van der Waals surface area (Å²) < 4.78 is 5.93. The normalized spacial score (nSPS) is 48.7. The monoisotopic (exact) mass is 312 g/mol. The van der Waals surface area contributed by atoms with Gasteiger partial charge in [-0.25, -0.2) is 0 Å². The SMILES string of the molecule is C#CC1(OC)CC[C@H]2[C@@H]3CCC4=CC(=O)CC[C@@H]4[C@H]3CC[C@@]21C. The Hall–Kier alpha value is -1.07. The number of ether oxygens (including phenoxy) is 1. The topological polar surface area (TPSA) is 26.3 Å². The Labute approximate surface area is 140 Å². The summed E-state index contributed by atoms with van der Waals surface area (Å²) in [5.41, 5.74) is 1.23. The number of ketones is 1. The molecule has 1 unspecified atom stereocenters. The molecule has 0 amide bonds. The second kappa shape index (κ2) is 5.21. The summed E-state index contributed by atoms with van der Waals surface area (Å²) in [6, 6.07) is 0. The molecule has 0 aromatic carbocycles. The highest BCUT2D eigenvalue weighted by molar-refractivity contribution is 5.91. The van der Waals surface area contributed by atoms with Crippen molar-refractivity contribution >= 4 is 5.78 Å². The van der Waals surface area contributed by atoms with E-state index >= 15 is 0 Å². The minimum Gasteiger partial charge on any atom is -0.365 e. The van der Waals surface area contributed by atoms with Crippen LogP contribution in [0.3, 0.4) is 0 Å². The molecule has 4 aliphatic rings. The summed E-state index contributed by atoms with van der Waals surface area (Å²) in [7, 11) is 1.80. The third kappa shape index (κ3) is 1.96. The van der Waals surface area contributed by atoms with Gasteiger partial charge in [-0.05, 0) is 74.7 Å². The lowest BCUT2D eigenvalue weighted by molar-refractivity contribution is -0.117. The van der Waals surface area contributed by atoms with E-state index in [-0.39, 0.29) is 11.0 Å². The van der Waals surface area contributed by atoms with Crippen LogP contribution in [-0.4, -0.2) is 18.5 Å². The first-order valence-corrected chi connectivity index (χ1v) is 9.31. The minimum atomic E-state index is -0.360. The number of methoxy groups -OCH3 is 1. The number of hydrogen-bond donors (Lipinski definition) is 0. The number of carbonyl (C=O) groups excluding carboxylic acids is 1. The zero-order chi connectivity index (χ0) is 16.2. The van der Waals surface area contributed by atoms with Crippen LogP contribution >= 0.6 is 0 Å². The molecule has 0 aromatic heterocycles. The Bertz CT molecular complexity index is 597. The third-order valence-corrected chi connectivity index (χ3v) is 8.00. The number of hydrogen-bond acceptors (Lipinski definition) is 2. The lowest BCUT2D eigenvalue weighted by Crippen LogP contribution is -2.52. The molecule has 3 saturated carbocycles. The fraction of sp³-hybridized carbons (Fsp3) is 0.762. The molecule has 4 rings (SSSR count). The number of rotatable bonds is 1. The largest absolute Gasteiger partial charge is 0.365 e. The molecule has 6 atom stereocenters. The first-order chi connectivity index (χ1) is 11.0. The highest BCUT2D eigenvalue weighted by Crippen LogP contribution is 2.65. The van der Waals surface area contributed by atoms with E-state index in [1.54, 1.807) is 7.11 Å². The van der Waals surface area contributed by atoms with Gasteiger partial charge >= 0.3 is 0 Å². The number of carbonyl (C=O) groups is 1. The van der Waals surface area contributed by atoms with E-state index in [4.69, 9.17) is 11.2 Å². The van der Waals surface area contributed by atoms with Crippen molar-refractivity contribution in [3.8, 4) is 12.3 Å². The Morgan fingerprint density at radius 1 is 1.17 bits per heavy atom. The average Bonchev–Trinajstić information content (AvgIpc) is 2.87. The molecule has 23 heavy (non-hydrogen) atoms. The predicted molar refractivity (Wildman–Crippen MR) is 90.7 cm³/mol. The summed E-state index contributed by atoms with van der Waals surface area (Å²) in [6.45, 7) is 2.39. The molecule has 124 valence electrons. The summed E-state index contributed by atoms with van der Waals surface area (Å²) in [5, 5.41) is 0. The van der Waals surface area contributed by atoms with E-state index in [0.29, 0.717) is 17.6 Å². The van der Waals surface area contributed by atoms with Crippen molar-refractivity contribution in [3.63, 3.8) is 0 Å². The predicted octanol–water partition coefficient (Wildman–Crippen LogP) is 4.15. The highest BCUT2D eigenvalue weighted by atomic mass is 16.5. The highest BCUT2D eigenvalue weighted by Gasteiger charge is 2.62. The van der Waals surface area contributed by atoms with Gasteiger partial charge in [0.15, 0.2) is 5.78 Å². The number of terminal acetylenes is 1. The van der Waals surface area contributed by atoms with E-state index in [1.807, 2.05) is 6.08 Å². The van der Waals surface area contributed by atoms with Crippen molar-refractivity contribution < 1.29 is 9.53 Å². The fourth-order valence-corrected chi connectivity index (χ4v) is 6.81. The second-order valence-corrected chi connectivity index (χ2v) is 8.47. The Morgan fingerprint density at radius 3 is 2.74 bits per heavy atom. The van der Waals surface area contributed by atoms with E-state index in [2.05, 4.69) is 12.8 Å². The van der Waals surface area contributed by atoms with Crippen molar-refractivity contribution in [1.82, 2.24) is 0 Å². The second-order valence-electron chi connectivity index (χ2n) is 8.47. The number of allylic oxidation sites excluding steroid dienone is 1. The summed E-state index contributed by atoms with van der Waals surface area (Å²) in [6.07, 6.45) is 16.8. The van der Waals surface area contributed by atoms with Gasteiger partial charge in [0.2, 0.25) is 0 Å². The van der Waals surface area contributed by atoms with Crippen LogP contribution in [0.2, 0.25) is 0 Å². The standard InChI is InChI=1S/C21H28O2/c1-4-21(23-3)12-10-19-18-7-5-14-13-15(22)6-8-16(14)17(18)9-11-20(19,21)2/h1,13,16-19H,5-12H2,2-3H3/t16-,17+,18+,19-,20-,21?/m0/s1. The molecule has 0 N–H and O–H groups in total. The zero-order valence-corrected chi connectivity index (χ0v) is 14.4. The van der Waals surface area contributed by atoms with Gasteiger partial charge in [-0.1, -0.05) is 18.4 Å². The van der Waals surface area contributed by atoms with Crippen LogP contribution in [0.25, 0.3) is 0 Å².